The Bertz CT molecular complexity index is 1410. The largest absolute Gasteiger partial charge is 0.472 e. The van der Waals surface area contributed by atoms with Gasteiger partial charge in [0.1, 0.15) is 13.2 Å². The molecule has 480 valence electrons. The molecule has 1 amide bonds. The number of unbranched alkanes of at least 4 members (excludes halogenated alkanes) is 50. The van der Waals surface area contributed by atoms with Crippen LogP contribution in [0.2, 0.25) is 0 Å². The molecule has 0 spiro atoms. The maximum absolute atomic E-state index is 13.1. The van der Waals surface area contributed by atoms with Crippen LogP contribution in [0.1, 0.15) is 367 Å². The number of phosphoric acid groups is 1. The number of likely N-dealkylation sites (N-methyl/N-ethyl adjacent to an activating group) is 1. The first-order valence-corrected chi connectivity index (χ1v) is 37.4. The highest BCUT2D eigenvalue weighted by atomic mass is 31.2. The number of hydrogen-bond donors (Lipinski definition) is 3. The molecule has 3 atom stereocenters. The van der Waals surface area contributed by atoms with Crippen LogP contribution in [0.4, 0.5) is 0 Å². The maximum Gasteiger partial charge on any atom is 0.472 e. The summed E-state index contributed by atoms with van der Waals surface area (Å²) in [5.41, 5.74) is 0. The summed E-state index contributed by atoms with van der Waals surface area (Å²) in [5.74, 6) is -0.171. The van der Waals surface area contributed by atoms with Crippen LogP contribution in [0.15, 0.2) is 36.5 Å². The van der Waals surface area contributed by atoms with E-state index in [0.29, 0.717) is 17.4 Å². The lowest BCUT2D eigenvalue weighted by molar-refractivity contribution is -0.870. The van der Waals surface area contributed by atoms with Gasteiger partial charge in [0, 0.05) is 6.42 Å². The third kappa shape index (κ3) is 66.1. The SMILES string of the molecule is CCCCCCC/C=C\C/C=C\CCCCCCCCCCCCCCCCCC(=O)NC(COP(=O)(O)OCC[N+](C)(C)C)C(O)/C=C/CCCCCCCCCCCCCCCCCCCCCCCCCCCCCCCC. The molecule has 3 N–H and O–H groups in total. The van der Waals surface area contributed by atoms with E-state index < -0.39 is 20.0 Å². The van der Waals surface area contributed by atoms with Gasteiger partial charge in [0.2, 0.25) is 5.91 Å². The van der Waals surface area contributed by atoms with E-state index in [1.807, 2.05) is 27.2 Å². The summed E-state index contributed by atoms with van der Waals surface area (Å²) in [7, 11) is 1.59. The number of hydrogen-bond acceptors (Lipinski definition) is 5. The lowest BCUT2D eigenvalue weighted by Gasteiger charge is -2.25. The summed E-state index contributed by atoms with van der Waals surface area (Å²) in [6, 6.07) is -0.848. The average Bonchev–Trinajstić information content (AvgIpc) is 3.43. The number of allylic oxidation sites excluding steroid dienone is 5. The van der Waals surface area contributed by atoms with Crippen LogP contribution in [-0.2, 0) is 18.4 Å². The molecule has 0 aromatic carbocycles. The first-order chi connectivity index (χ1) is 39.5. The Balaban J connectivity index is 4.03. The van der Waals surface area contributed by atoms with Crippen LogP contribution in [0, 0.1) is 0 Å². The van der Waals surface area contributed by atoms with Crippen LogP contribution in [0.25, 0.3) is 0 Å². The molecule has 0 aliphatic heterocycles. The van der Waals surface area contributed by atoms with E-state index in [1.54, 1.807) is 6.08 Å². The van der Waals surface area contributed by atoms with Crippen molar-refractivity contribution in [1.29, 1.82) is 0 Å². The van der Waals surface area contributed by atoms with E-state index in [-0.39, 0.29) is 19.1 Å². The normalized spacial score (nSPS) is 13.8. The van der Waals surface area contributed by atoms with Crippen LogP contribution in [-0.4, -0.2) is 73.4 Å². The molecular formula is C72H142N2O6P+. The minimum Gasteiger partial charge on any atom is -0.387 e. The van der Waals surface area contributed by atoms with Crippen LogP contribution >= 0.6 is 7.82 Å². The second-order valence-electron chi connectivity index (χ2n) is 26.0. The molecule has 9 heteroatoms. The Morgan fingerprint density at radius 1 is 0.420 bits per heavy atom. The Morgan fingerprint density at radius 3 is 1.01 bits per heavy atom. The van der Waals surface area contributed by atoms with Crippen molar-refractivity contribution in [3.63, 3.8) is 0 Å². The van der Waals surface area contributed by atoms with E-state index >= 15 is 0 Å². The lowest BCUT2D eigenvalue weighted by atomic mass is 10.0. The first kappa shape index (κ1) is 79.7. The van der Waals surface area contributed by atoms with E-state index in [0.717, 1.165) is 38.5 Å². The van der Waals surface area contributed by atoms with Gasteiger partial charge in [-0.1, -0.05) is 346 Å². The summed E-state index contributed by atoms with van der Waals surface area (Å²) in [5, 5.41) is 14.0. The zero-order chi connectivity index (χ0) is 59.1. The minimum absolute atomic E-state index is 0.0630. The van der Waals surface area contributed by atoms with Crippen molar-refractivity contribution < 1.29 is 32.9 Å². The Morgan fingerprint density at radius 2 is 0.704 bits per heavy atom. The fourth-order valence-corrected chi connectivity index (χ4v) is 11.8. The van der Waals surface area contributed by atoms with Gasteiger partial charge >= 0.3 is 7.82 Å². The highest BCUT2D eigenvalue weighted by Gasteiger charge is 2.28. The molecule has 0 aromatic heterocycles. The maximum atomic E-state index is 13.1. The van der Waals surface area contributed by atoms with Gasteiger partial charge in [-0.2, -0.15) is 0 Å². The molecule has 0 saturated carbocycles. The number of nitrogens with zero attached hydrogens (tertiary/aromatic N) is 1. The Kier molecular flexibility index (Phi) is 62.2. The smallest absolute Gasteiger partial charge is 0.387 e. The second-order valence-corrected chi connectivity index (χ2v) is 27.4. The van der Waals surface area contributed by atoms with Crippen molar-refractivity contribution in [2.45, 2.75) is 379 Å². The Hall–Kier alpha value is -1.28. The lowest BCUT2D eigenvalue weighted by Crippen LogP contribution is -2.45. The average molecular weight is 1160 g/mol. The monoisotopic (exact) mass is 1160 g/mol. The number of carbonyl (C=O) groups is 1. The summed E-state index contributed by atoms with van der Waals surface area (Å²) >= 11 is 0. The molecule has 0 aliphatic rings. The van der Waals surface area contributed by atoms with Gasteiger partial charge in [0.25, 0.3) is 0 Å². The molecule has 8 nitrogen and oxygen atoms in total. The van der Waals surface area contributed by atoms with Gasteiger partial charge in [-0.25, -0.2) is 4.57 Å². The van der Waals surface area contributed by atoms with Crippen molar-refractivity contribution in [3.8, 4) is 0 Å². The first-order valence-electron chi connectivity index (χ1n) is 35.9. The third-order valence-corrected chi connectivity index (χ3v) is 17.6. The zero-order valence-corrected chi connectivity index (χ0v) is 55.9. The molecule has 0 radical (unpaired) electrons. The molecule has 81 heavy (non-hydrogen) atoms. The van der Waals surface area contributed by atoms with Gasteiger partial charge in [0.15, 0.2) is 0 Å². The van der Waals surface area contributed by atoms with Crippen molar-refractivity contribution in [1.82, 2.24) is 5.32 Å². The number of aliphatic hydroxyl groups excluding tert-OH is 1. The van der Waals surface area contributed by atoms with E-state index in [9.17, 15) is 19.4 Å². The summed E-state index contributed by atoms with van der Waals surface area (Å²) in [6.45, 7) is 4.86. The van der Waals surface area contributed by atoms with Gasteiger partial charge < -0.3 is 19.8 Å². The number of phosphoric ester groups is 1. The van der Waals surface area contributed by atoms with Gasteiger partial charge in [-0.15, -0.1) is 0 Å². The van der Waals surface area contributed by atoms with Crippen LogP contribution in [0.5, 0.6) is 0 Å². The second kappa shape index (κ2) is 63.2. The van der Waals surface area contributed by atoms with Crippen LogP contribution < -0.4 is 5.32 Å². The molecule has 0 aliphatic carbocycles. The number of rotatable bonds is 67. The predicted molar refractivity (Wildman–Crippen MR) is 355 cm³/mol. The number of carbonyl (C=O) groups excluding carboxylic acids is 1. The van der Waals surface area contributed by atoms with Gasteiger partial charge in [-0.3, -0.25) is 13.8 Å². The summed E-state index contributed by atoms with van der Waals surface area (Å²) < 4.78 is 23.8. The van der Waals surface area contributed by atoms with E-state index in [1.165, 1.54) is 308 Å². The molecular weight excluding hydrogens is 1020 g/mol. The molecule has 0 fully saturated rings. The van der Waals surface area contributed by atoms with Crippen LogP contribution in [0.3, 0.4) is 0 Å². The number of amides is 1. The van der Waals surface area contributed by atoms with E-state index in [2.05, 4.69) is 43.5 Å². The predicted octanol–water partition coefficient (Wildman–Crippen LogP) is 22.8. The molecule has 0 heterocycles. The quantitative estimate of drug-likeness (QED) is 0.0243. The van der Waals surface area contributed by atoms with Crippen molar-refractivity contribution in [2.75, 3.05) is 40.9 Å². The highest BCUT2D eigenvalue weighted by molar-refractivity contribution is 7.47. The van der Waals surface area contributed by atoms with Gasteiger partial charge in [0.05, 0.1) is 39.9 Å². The molecule has 0 saturated heterocycles. The molecule has 3 unspecified atom stereocenters. The summed E-state index contributed by atoms with van der Waals surface area (Å²) in [4.78, 5) is 23.4. The zero-order valence-electron chi connectivity index (χ0n) is 55.1. The van der Waals surface area contributed by atoms with Crippen molar-refractivity contribution in [3.05, 3.63) is 36.5 Å². The molecule has 0 aromatic rings. The minimum atomic E-state index is -4.35. The number of nitrogens with one attached hydrogen (secondary N) is 1. The Labute approximate surface area is 506 Å². The fraction of sp³-hybridized carbons (Fsp3) is 0.903. The molecule has 0 bridgehead atoms. The van der Waals surface area contributed by atoms with E-state index in [4.69, 9.17) is 9.05 Å². The fourth-order valence-electron chi connectivity index (χ4n) is 11.0. The van der Waals surface area contributed by atoms with Crippen molar-refractivity contribution >= 4 is 13.7 Å². The number of aliphatic hydroxyl groups is 1. The standard InChI is InChI=1S/C72H141N2O6P/c1-6-8-10-12-14-16-18-20-22-24-26-28-30-32-34-35-36-37-38-40-41-43-45-47-49-51-53-55-57-59-61-63-65-71(75)70(69-80-81(77,78)79-68-67-74(3,4)5)73-72(76)66-64-62-60-58-56-54-52-50-48-46-44-42-39-33-31-29-27-25-23-21-19-17-15-13-11-9-7-2/h19,21,25,27,63,65,70-71,75H,6-18,20,22-24,26,28-62,64,66-69H2,1-5H3,(H-,73,76,77,78)/p+1/b21-19-,27-25-,65-63+. The van der Waals surface area contributed by atoms with Gasteiger partial charge in [-0.05, 0) is 51.4 Å². The highest BCUT2D eigenvalue weighted by Crippen LogP contribution is 2.43. The number of quaternary nitrogens is 1. The third-order valence-electron chi connectivity index (χ3n) is 16.6. The topological polar surface area (TPSA) is 105 Å². The molecule has 0 rings (SSSR count). The summed E-state index contributed by atoms with van der Waals surface area (Å²) in [6.07, 6.45) is 84.4. The van der Waals surface area contributed by atoms with Crippen molar-refractivity contribution in [2.24, 2.45) is 0 Å².